The molecule has 0 fully saturated rings. The number of benzene rings is 3. The molecule has 0 saturated carbocycles. The summed E-state index contributed by atoms with van der Waals surface area (Å²) in [6.07, 6.45) is 1.45. The van der Waals surface area contributed by atoms with Gasteiger partial charge in [-0.3, -0.25) is 4.79 Å². The molecule has 0 aliphatic rings. The molecule has 104 valence electrons. The van der Waals surface area contributed by atoms with Crippen molar-refractivity contribution in [1.82, 2.24) is 0 Å². The van der Waals surface area contributed by atoms with Gasteiger partial charge in [0, 0.05) is 12.0 Å². The molecule has 3 aromatic rings. The number of carbonyl (C=O) groups excluding carboxylic acids is 1. The number of aryl methyl sites for hydroxylation is 1. The Hall–Kier alpha value is -2.41. The number of hydrogen-bond donors (Lipinski definition) is 0. The van der Waals surface area contributed by atoms with Crippen LogP contribution in [0.15, 0.2) is 66.7 Å². The van der Waals surface area contributed by atoms with Crippen molar-refractivity contribution in [3.05, 3.63) is 83.4 Å². The van der Waals surface area contributed by atoms with Crippen molar-refractivity contribution in [2.24, 2.45) is 0 Å². The van der Waals surface area contributed by atoms with Crippen molar-refractivity contribution >= 4 is 16.6 Å². The molecule has 0 heterocycles. The summed E-state index contributed by atoms with van der Waals surface area (Å²) in [5, 5.41) is 2.39. The molecule has 0 bridgehead atoms. The van der Waals surface area contributed by atoms with Gasteiger partial charge in [-0.05, 0) is 28.3 Å². The molecule has 0 aromatic heterocycles. The normalized spacial score (nSPS) is 10.7. The third-order valence-electron chi connectivity index (χ3n) is 3.86. The van der Waals surface area contributed by atoms with Crippen molar-refractivity contribution < 1.29 is 4.79 Å². The number of hydrogen-bond acceptors (Lipinski definition) is 1. The fourth-order valence-corrected chi connectivity index (χ4v) is 2.56. The summed E-state index contributed by atoms with van der Waals surface area (Å²) in [5.74, 6) is 0.174. The smallest absolute Gasteiger partial charge is 0.167 e. The van der Waals surface area contributed by atoms with E-state index >= 15 is 0 Å². The van der Waals surface area contributed by atoms with Crippen LogP contribution in [0.5, 0.6) is 0 Å². The van der Waals surface area contributed by atoms with Gasteiger partial charge in [-0.1, -0.05) is 73.7 Å². The zero-order chi connectivity index (χ0) is 14.7. The van der Waals surface area contributed by atoms with Crippen LogP contribution in [0.4, 0.5) is 0 Å². The van der Waals surface area contributed by atoms with Gasteiger partial charge in [0.25, 0.3) is 0 Å². The number of ketones is 1. The summed E-state index contributed by atoms with van der Waals surface area (Å²) >= 11 is 0. The highest BCUT2D eigenvalue weighted by atomic mass is 16.1. The molecular weight excluding hydrogens is 256 g/mol. The number of fused-ring (bicyclic) bond motifs is 1. The quantitative estimate of drug-likeness (QED) is 0.623. The number of rotatable bonds is 4. The van der Waals surface area contributed by atoms with E-state index < -0.39 is 0 Å². The summed E-state index contributed by atoms with van der Waals surface area (Å²) in [4.78, 5) is 12.3. The molecule has 0 unspecified atom stereocenters. The maximum Gasteiger partial charge on any atom is 0.167 e. The molecule has 0 atom stereocenters. The maximum atomic E-state index is 12.3. The Morgan fingerprint density at radius 2 is 1.48 bits per heavy atom. The minimum atomic E-state index is 0.174. The monoisotopic (exact) mass is 274 g/mol. The van der Waals surface area contributed by atoms with E-state index in [0.29, 0.717) is 6.42 Å². The third-order valence-corrected chi connectivity index (χ3v) is 3.86. The van der Waals surface area contributed by atoms with Gasteiger partial charge in [0.05, 0.1) is 0 Å². The predicted molar refractivity (Wildman–Crippen MR) is 87.8 cm³/mol. The molecule has 0 aliphatic heterocycles. The number of carbonyl (C=O) groups is 1. The van der Waals surface area contributed by atoms with Crippen molar-refractivity contribution in [3.63, 3.8) is 0 Å². The fraction of sp³-hybridized carbons (Fsp3) is 0.150. The standard InChI is InChI=1S/C20H18O/c1-2-15-7-11-18(12-8-15)20(21)14-16-9-10-17-5-3-4-6-19(17)13-16/h3-13H,2,14H2,1H3. The lowest BCUT2D eigenvalue weighted by atomic mass is 9.99. The lowest BCUT2D eigenvalue weighted by Crippen LogP contribution is -2.03. The molecule has 0 aliphatic carbocycles. The van der Waals surface area contributed by atoms with Crippen LogP contribution in [0.2, 0.25) is 0 Å². The Labute approximate surface area is 125 Å². The molecule has 3 aromatic carbocycles. The highest BCUT2D eigenvalue weighted by Crippen LogP contribution is 2.17. The van der Waals surface area contributed by atoms with Crippen molar-refractivity contribution in [3.8, 4) is 0 Å². The highest BCUT2D eigenvalue weighted by molar-refractivity contribution is 5.98. The van der Waals surface area contributed by atoms with E-state index in [1.54, 1.807) is 0 Å². The molecule has 0 N–H and O–H groups in total. The van der Waals surface area contributed by atoms with Crippen LogP contribution in [0.25, 0.3) is 10.8 Å². The van der Waals surface area contributed by atoms with Gasteiger partial charge in [-0.15, -0.1) is 0 Å². The second-order valence-electron chi connectivity index (χ2n) is 5.33. The van der Waals surface area contributed by atoms with E-state index in [1.165, 1.54) is 16.3 Å². The minimum Gasteiger partial charge on any atom is -0.294 e. The summed E-state index contributed by atoms with van der Waals surface area (Å²) < 4.78 is 0. The third kappa shape index (κ3) is 3.03. The van der Waals surface area contributed by atoms with Crippen LogP contribution in [0.3, 0.4) is 0 Å². The van der Waals surface area contributed by atoms with Crippen LogP contribution in [0, 0.1) is 0 Å². The molecule has 0 amide bonds. The van der Waals surface area contributed by atoms with Gasteiger partial charge in [0.1, 0.15) is 0 Å². The Bertz CT molecular complexity index is 769. The molecule has 1 heteroatoms. The lowest BCUT2D eigenvalue weighted by molar-refractivity contribution is 0.0993. The van der Waals surface area contributed by atoms with E-state index in [9.17, 15) is 4.79 Å². The molecule has 0 radical (unpaired) electrons. The van der Waals surface area contributed by atoms with E-state index in [4.69, 9.17) is 0 Å². The lowest BCUT2D eigenvalue weighted by Gasteiger charge is -2.05. The Kier molecular flexibility index (Phi) is 3.83. The first-order chi connectivity index (χ1) is 10.3. The van der Waals surface area contributed by atoms with E-state index in [-0.39, 0.29) is 5.78 Å². The van der Waals surface area contributed by atoms with Crippen LogP contribution >= 0.6 is 0 Å². The second-order valence-corrected chi connectivity index (χ2v) is 5.33. The van der Waals surface area contributed by atoms with E-state index in [2.05, 4.69) is 31.2 Å². The molecule has 1 nitrogen and oxygen atoms in total. The zero-order valence-electron chi connectivity index (χ0n) is 12.2. The summed E-state index contributed by atoms with van der Waals surface area (Å²) in [7, 11) is 0. The molecular formula is C20H18O. The zero-order valence-corrected chi connectivity index (χ0v) is 12.2. The summed E-state index contributed by atoms with van der Waals surface area (Å²) in [5.41, 5.74) is 3.12. The van der Waals surface area contributed by atoms with Crippen LogP contribution in [0.1, 0.15) is 28.4 Å². The van der Waals surface area contributed by atoms with Crippen molar-refractivity contribution in [2.75, 3.05) is 0 Å². The molecule has 3 rings (SSSR count). The van der Waals surface area contributed by atoms with Gasteiger partial charge < -0.3 is 0 Å². The second kappa shape index (κ2) is 5.92. The van der Waals surface area contributed by atoms with Gasteiger partial charge in [0.2, 0.25) is 0 Å². The fourth-order valence-electron chi connectivity index (χ4n) is 2.56. The van der Waals surface area contributed by atoms with E-state index in [0.717, 1.165) is 17.5 Å². The van der Waals surface area contributed by atoms with E-state index in [1.807, 2.05) is 42.5 Å². The average Bonchev–Trinajstić information content (AvgIpc) is 2.55. The van der Waals surface area contributed by atoms with Gasteiger partial charge in [-0.25, -0.2) is 0 Å². The van der Waals surface area contributed by atoms with Gasteiger partial charge in [-0.2, -0.15) is 0 Å². The van der Waals surface area contributed by atoms with Gasteiger partial charge >= 0.3 is 0 Å². The van der Waals surface area contributed by atoms with Crippen molar-refractivity contribution in [2.45, 2.75) is 19.8 Å². The Morgan fingerprint density at radius 1 is 0.810 bits per heavy atom. The first-order valence-electron chi connectivity index (χ1n) is 7.36. The van der Waals surface area contributed by atoms with Gasteiger partial charge in [0.15, 0.2) is 5.78 Å². The summed E-state index contributed by atoms with van der Waals surface area (Å²) in [6.45, 7) is 2.12. The van der Waals surface area contributed by atoms with Crippen molar-refractivity contribution in [1.29, 1.82) is 0 Å². The molecule has 21 heavy (non-hydrogen) atoms. The molecule has 0 spiro atoms. The summed E-state index contributed by atoms with van der Waals surface area (Å²) in [6, 6.07) is 22.4. The SMILES string of the molecule is CCc1ccc(C(=O)Cc2ccc3ccccc3c2)cc1. The highest BCUT2D eigenvalue weighted by Gasteiger charge is 2.07. The first kappa shape index (κ1) is 13.6. The minimum absolute atomic E-state index is 0.174. The van der Waals surface area contributed by atoms with Crippen LogP contribution < -0.4 is 0 Å². The first-order valence-corrected chi connectivity index (χ1v) is 7.36. The Morgan fingerprint density at radius 3 is 2.19 bits per heavy atom. The average molecular weight is 274 g/mol. The predicted octanol–water partition coefficient (Wildman–Crippen LogP) is 4.83. The number of Topliss-reactive ketones (excluding diaryl/α,β-unsaturated/α-hetero) is 1. The molecule has 0 saturated heterocycles. The van der Waals surface area contributed by atoms with Crippen LogP contribution in [-0.4, -0.2) is 5.78 Å². The maximum absolute atomic E-state index is 12.3. The van der Waals surface area contributed by atoms with Crippen LogP contribution in [-0.2, 0) is 12.8 Å². The Balaban J connectivity index is 1.81. The largest absolute Gasteiger partial charge is 0.294 e. The topological polar surface area (TPSA) is 17.1 Å².